The molecular weight excluding hydrogens is 242 g/mol. The van der Waals surface area contributed by atoms with Crippen LogP contribution < -0.4 is 4.74 Å². The number of hydrogen-bond acceptors (Lipinski definition) is 3. The van der Waals surface area contributed by atoms with Gasteiger partial charge in [0.2, 0.25) is 0 Å². The number of ketones is 1. The minimum atomic E-state index is 0. The second-order valence-corrected chi connectivity index (χ2v) is 5.13. The molecule has 0 radical (unpaired) electrons. The number of benzene rings is 1. The Bertz CT molecular complexity index is 408. The summed E-state index contributed by atoms with van der Waals surface area (Å²) >= 11 is 0. The van der Waals surface area contributed by atoms with E-state index in [2.05, 4.69) is 17.0 Å². The van der Waals surface area contributed by atoms with Gasteiger partial charge in [-0.25, -0.2) is 0 Å². The molecule has 1 aromatic carbocycles. The van der Waals surface area contributed by atoms with E-state index in [1.54, 1.807) is 0 Å². The molecular formula is C15H23NO3. The van der Waals surface area contributed by atoms with Crippen LogP contribution in [0.3, 0.4) is 0 Å². The molecule has 0 saturated carbocycles. The molecule has 2 N–H and O–H groups in total. The Morgan fingerprint density at radius 2 is 1.95 bits per heavy atom. The van der Waals surface area contributed by atoms with Crippen molar-refractivity contribution in [1.29, 1.82) is 0 Å². The van der Waals surface area contributed by atoms with Crippen molar-refractivity contribution in [2.24, 2.45) is 0 Å². The van der Waals surface area contributed by atoms with E-state index < -0.39 is 0 Å². The van der Waals surface area contributed by atoms with Gasteiger partial charge in [-0.1, -0.05) is 12.1 Å². The van der Waals surface area contributed by atoms with Crippen molar-refractivity contribution in [1.82, 2.24) is 4.90 Å². The fourth-order valence-corrected chi connectivity index (χ4v) is 2.21. The molecule has 0 spiro atoms. The summed E-state index contributed by atoms with van der Waals surface area (Å²) in [7, 11) is 0. The highest BCUT2D eigenvalue weighted by molar-refractivity contribution is 5.79. The summed E-state index contributed by atoms with van der Waals surface area (Å²) in [5.41, 5.74) is 1.25. The highest BCUT2D eigenvalue weighted by Crippen LogP contribution is 2.17. The van der Waals surface area contributed by atoms with Gasteiger partial charge < -0.3 is 10.2 Å². The second-order valence-electron chi connectivity index (χ2n) is 5.13. The van der Waals surface area contributed by atoms with Crippen LogP contribution in [0, 0.1) is 0 Å². The lowest BCUT2D eigenvalue weighted by molar-refractivity contribution is -0.121. The highest BCUT2D eigenvalue weighted by atomic mass is 16.5. The lowest BCUT2D eigenvalue weighted by Gasteiger charge is -2.25. The molecule has 0 atom stereocenters. The van der Waals surface area contributed by atoms with E-state index in [1.807, 2.05) is 26.0 Å². The van der Waals surface area contributed by atoms with Crippen molar-refractivity contribution in [3.05, 3.63) is 29.8 Å². The first-order valence-corrected chi connectivity index (χ1v) is 6.63. The van der Waals surface area contributed by atoms with Crippen LogP contribution in [0.5, 0.6) is 5.75 Å². The Kier molecular flexibility index (Phi) is 5.99. The van der Waals surface area contributed by atoms with Gasteiger partial charge in [0, 0.05) is 32.5 Å². The molecule has 0 aliphatic carbocycles. The third kappa shape index (κ3) is 5.01. The van der Waals surface area contributed by atoms with Crippen LogP contribution in [0.1, 0.15) is 32.3 Å². The zero-order chi connectivity index (χ0) is 13.0. The van der Waals surface area contributed by atoms with Crippen LogP contribution in [-0.4, -0.2) is 35.4 Å². The predicted octanol–water partition coefficient (Wildman–Crippen LogP) is 1.81. The summed E-state index contributed by atoms with van der Waals surface area (Å²) in [5.74, 6) is 1.32. The molecule has 1 fully saturated rings. The lowest BCUT2D eigenvalue weighted by Crippen LogP contribution is -2.33. The number of nitrogens with zero attached hydrogens (tertiary/aromatic N) is 1. The van der Waals surface area contributed by atoms with E-state index in [0.29, 0.717) is 18.6 Å². The van der Waals surface area contributed by atoms with E-state index in [4.69, 9.17) is 4.74 Å². The molecule has 1 heterocycles. The molecule has 19 heavy (non-hydrogen) atoms. The number of piperidine rings is 1. The van der Waals surface area contributed by atoms with Crippen molar-refractivity contribution in [3.8, 4) is 5.75 Å². The molecule has 106 valence electrons. The summed E-state index contributed by atoms with van der Waals surface area (Å²) < 4.78 is 5.69. The van der Waals surface area contributed by atoms with Crippen LogP contribution in [0.25, 0.3) is 0 Å². The van der Waals surface area contributed by atoms with Gasteiger partial charge in [0.1, 0.15) is 11.5 Å². The number of rotatable bonds is 4. The van der Waals surface area contributed by atoms with Crippen molar-refractivity contribution in [2.45, 2.75) is 39.3 Å². The van der Waals surface area contributed by atoms with Crippen LogP contribution in [0.4, 0.5) is 0 Å². The average Bonchev–Trinajstić information content (AvgIpc) is 2.32. The van der Waals surface area contributed by atoms with E-state index in [0.717, 1.165) is 25.4 Å². The molecule has 0 amide bonds. The lowest BCUT2D eigenvalue weighted by atomic mass is 10.1. The normalized spacial score (nSPS) is 16.3. The third-order valence-corrected chi connectivity index (χ3v) is 3.09. The van der Waals surface area contributed by atoms with Crippen LogP contribution >= 0.6 is 0 Å². The van der Waals surface area contributed by atoms with Gasteiger partial charge in [-0.05, 0) is 31.5 Å². The Morgan fingerprint density at radius 1 is 1.26 bits per heavy atom. The van der Waals surface area contributed by atoms with Gasteiger partial charge in [0.15, 0.2) is 0 Å². The maximum atomic E-state index is 11.2. The highest BCUT2D eigenvalue weighted by Gasteiger charge is 2.16. The fourth-order valence-electron chi connectivity index (χ4n) is 2.21. The van der Waals surface area contributed by atoms with Crippen molar-refractivity contribution in [3.63, 3.8) is 0 Å². The predicted molar refractivity (Wildman–Crippen MR) is 75.3 cm³/mol. The van der Waals surface area contributed by atoms with E-state index >= 15 is 0 Å². The largest absolute Gasteiger partial charge is 0.491 e. The number of ether oxygens (including phenoxy) is 1. The van der Waals surface area contributed by atoms with Gasteiger partial charge in [-0.2, -0.15) is 0 Å². The Morgan fingerprint density at radius 3 is 2.58 bits per heavy atom. The number of Topliss-reactive ketones (excluding diaryl/α,β-unsaturated/α-hetero) is 1. The number of carbonyl (C=O) groups is 1. The molecule has 1 aliphatic heterocycles. The quantitative estimate of drug-likeness (QED) is 0.834. The minimum Gasteiger partial charge on any atom is -0.491 e. The number of hydrogen-bond donors (Lipinski definition) is 0. The fraction of sp³-hybridized carbons (Fsp3) is 0.533. The molecule has 1 aliphatic rings. The van der Waals surface area contributed by atoms with Gasteiger partial charge in [-0.15, -0.1) is 0 Å². The summed E-state index contributed by atoms with van der Waals surface area (Å²) in [4.78, 5) is 13.5. The standard InChI is InChI=1S/C15H21NO2.H2O/c1-12(2)18-15-5-3-4-13(10-15)11-16-8-6-14(17)7-9-16;/h3-5,10,12H,6-9,11H2,1-2H3;1H2. The first-order chi connectivity index (χ1) is 8.63. The monoisotopic (exact) mass is 265 g/mol. The molecule has 4 heteroatoms. The maximum Gasteiger partial charge on any atom is 0.135 e. The van der Waals surface area contributed by atoms with Crippen molar-refractivity contribution >= 4 is 5.78 Å². The molecule has 1 saturated heterocycles. The van der Waals surface area contributed by atoms with E-state index in [-0.39, 0.29) is 11.6 Å². The molecule has 2 rings (SSSR count). The Labute approximate surface area is 114 Å². The van der Waals surface area contributed by atoms with Gasteiger partial charge in [0.05, 0.1) is 6.10 Å². The van der Waals surface area contributed by atoms with Crippen molar-refractivity contribution < 1.29 is 15.0 Å². The first-order valence-electron chi connectivity index (χ1n) is 6.63. The second kappa shape index (κ2) is 7.26. The smallest absolute Gasteiger partial charge is 0.135 e. The summed E-state index contributed by atoms with van der Waals surface area (Å²) in [6.07, 6.45) is 1.59. The van der Waals surface area contributed by atoms with Crippen molar-refractivity contribution in [2.75, 3.05) is 13.1 Å². The Balaban J connectivity index is 0.00000180. The Hall–Kier alpha value is -1.39. The molecule has 0 unspecified atom stereocenters. The molecule has 4 nitrogen and oxygen atoms in total. The zero-order valence-electron chi connectivity index (χ0n) is 11.7. The van der Waals surface area contributed by atoms with Gasteiger partial charge in [-0.3, -0.25) is 9.69 Å². The van der Waals surface area contributed by atoms with Gasteiger partial charge in [0.25, 0.3) is 0 Å². The number of likely N-dealkylation sites (tertiary alicyclic amines) is 1. The minimum absolute atomic E-state index is 0. The van der Waals surface area contributed by atoms with E-state index in [9.17, 15) is 4.79 Å². The zero-order valence-corrected chi connectivity index (χ0v) is 11.7. The van der Waals surface area contributed by atoms with Gasteiger partial charge >= 0.3 is 0 Å². The SMILES string of the molecule is CC(C)Oc1cccc(CN2CCC(=O)CC2)c1.O. The summed E-state index contributed by atoms with van der Waals surface area (Å²) in [5, 5.41) is 0. The van der Waals surface area contributed by atoms with Crippen LogP contribution in [-0.2, 0) is 11.3 Å². The van der Waals surface area contributed by atoms with Crippen LogP contribution in [0.15, 0.2) is 24.3 Å². The maximum absolute atomic E-state index is 11.2. The average molecular weight is 265 g/mol. The molecule has 0 bridgehead atoms. The molecule has 0 aromatic heterocycles. The topological polar surface area (TPSA) is 61.0 Å². The summed E-state index contributed by atoms with van der Waals surface area (Å²) in [6, 6.07) is 8.23. The number of carbonyl (C=O) groups excluding carboxylic acids is 1. The first kappa shape index (κ1) is 15.7. The van der Waals surface area contributed by atoms with Crippen LogP contribution in [0.2, 0.25) is 0 Å². The molecule has 1 aromatic rings. The van der Waals surface area contributed by atoms with E-state index in [1.165, 1.54) is 5.56 Å². The summed E-state index contributed by atoms with van der Waals surface area (Å²) in [6.45, 7) is 6.73. The third-order valence-electron chi connectivity index (χ3n) is 3.09.